The largest absolute Gasteiger partial charge is 0.307 e. The summed E-state index contributed by atoms with van der Waals surface area (Å²) in [5, 5.41) is 7.17. The fourth-order valence-corrected chi connectivity index (χ4v) is 1.28. The smallest absolute Gasteiger partial charge is 0.0700 e. The molecule has 1 N–H and O–H groups in total. The van der Waals surface area contributed by atoms with Crippen LogP contribution in [0.4, 0.5) is 0 Å². The van der Waals surface area contributed by atoms with Crippen LogP contribution in [0.2, 0.25) is 0 Å². The van der Waals surface area contributed by atoms with E-state index >= 15 is 0 Å². The Morgan fingerprint density at radius 2 is 2.27 bits per heavy atom. The third-order valence-electron chi connectivity index (χ3n) is 1.60. The Morgan fingerprint density at radius 1 is 1.45 bits per heavy atom. The van der Waals surface area contributed by atoms with Gasteiger partial charge in [-0.3, -0.25) is 4.99 Å². The number of rotatable bonds is 1. The second kappa shape index (κ2) is 3.74. The maximum Gasteiger partial charge on any atom is 0.0700 e. The lowest BCUT2D eigenvalue weighted by molar-refractivity contribution is 0.637. The molecule has 0 saturated heterocycles. The van der Waals surface area contributed by atoms with Crippen LogP contribution >= 0.6 is 11.8 Å². The molecule has 1 aliphatic rings. The van der Waals surface area contributed by atoms with Crippen LogP contribution in [0.1, 0.15) is 6.92 Å². The van der Waals surface area contributed by atoms with Gasteiger partial charge in [0.05, 0.1) is 5.54 Å². The highest BCUT2D eigenvalue weighted by Crippen LogP contribution is 2.12. The zero-order chi connectivity index (χ0) is 8.16. The standard InChI is InChI=1S/C8H12N2S/c1-8(9-2)3-5-11-6-4-10-7-8/h3-7,9H,1-2H3. The van der Waals surface area contributed by atoms with Crippen molar-refractivity contribution in [1.82, 2.24) is 5.32 Å². The number of hydrogen-bond acceptors (Lipinski definition) is 3. The first kappa shape index (κ1) is 8.56. The topological polar surface area (TPSA) is 24.4 Å². The summed E-state index contributed by atoms with van der Waals surface area (Å²) in [6.07, 6.45) is 5.77. The molecule has 11 heavy (non-hydrogen) atoms. The molecule has 1 heterocycles. The first-order valence-corrected chi connectivity index (χ1v) is 4.42. The van der Waals surface area contributed by atoms with Gasteiger partial charge in [-0.25, -0.2) is 0 Å². The van der Waals surface area contributed by atoms with E-state index in [2.05, 4.69) is 28.7 Å². The maximum atomic E-state index is 4.11. The number of likely N-dealkylation sites (N-methyl/N-ethyl adjacent to an activating group) is 1. The quantitative estimate of drug-likeness (QED) is 0.645. The van der Waals surface area contributed by atoms with Crippen molar-refractivity contribution in [2.45, 2.75) is 12.5 Å². The zero-order valence-corrected chi connectivity index (χ0v) is 7.56. The highest BCUT2D eigenvalue weighted by atomic mass is 32.2. The predicted octanol–water partition coefficient (Wildman–Crippen LogP) is 1.77. The fourth-order valence-electron chi connectivity index (χ4n) is 0.685. The Morgan fingerprint density at radius 3 is 3.00 bits per heavy atom. The van der Waals surface area contributed by atoms with Gasteiger partial charge in [0.25, 0.3) is 0 Å². The predicted molar refractivity (Wildman–Crippen MR) is 51.8 cm³/mol. The van der Waals surface area contributed by atoms with Crippen molar-refractivity contribution in [3.8, 4) is 0 Å². The summed E-state index contributed by atoms with van der Waals surface area (Å²) in [6.45, 7) is 2.08. The van der Waals surface area contributed by atoms with Crippen molar-refractivity contribution >= 4 is 18.0 Å². The Bertz CT molecular complexity index is 208. The maximum absolute atomic E-state index is 4.11. The van der Waals surface area contributed by atoms with Crippen LogP contribution in [0, 0.1) is 0 Å². The lowest BCUT2D eigenvalue weighted by Gasteiger charge is -2.19. The Labute approximate surface area is 71.5 Å². The average Bonchev–Trinajstić information content (AvgIpc) is 1.98. The van der Waals surface area contributed by atoms with E-state index in [4.69, 9.17) is 0 Å². The third kappa shape index (κ3) is 2.52. The van der Waals surface area contributed by atoms with Crippen molar-refractivity contribution in [1.29, 1.82) is 0 Å². The number of nitrogens with one attached hydrogen (secondary N) is 1. The second-order valence-electron chi connectivity index (χ2n) is 2.53. The molecule has 1 atom stereocenters. The highest BCUT2D eigenvalue weighted by molar-refractivity contribution is 8.04. The molecule has 60 valence electrons. The molecule has 0 aromatic carbocycles. The molecule has 0 radical (unpaired) electrons. The highest BCUT2D eigenvalue weighted by Gasteiger charge is 2.14. The molecule has 0 aromatic heterocycles. The summed E-state index contributed by atoms with van der Waals surface area (Å²) in [5.74, 6) is 0. The second-order valence-corrected chi connectivity index (χ2v) is 3.35. The van der Waals surface area contributed by atoms with Gasteiger partial charge in [0.15, 0.2) is 0 Å². The van der Waals surface area contributed by atoms with Crippen LogP contribution in [0.5, 0.6) is 0 Å². The number of aliphatic imine (C=N–C) groups is 1. The van der Waals surface area contributed by atoms with Gasteiger partial charge in [0, 0.05) is 12.4 Å². The van der Waals surface area contributed by atoms with E-state index in [1.807, 2.05) is 18.7 Å². The summed E-state index contributed by atoms with van der Waals surface area (Å²) in [5.41, 5.74) is -0.0994. The van der Waals surface area contributed by atoms with Gasteiger partial charge in [0.1, 0.15) is 0 Å². The summed E-state index contributed by atoms with van der Waals surface area (Å²) >= 11 is 1.63. The van der Waals surface area contributed by atoms with E-state index in [1.54, 1.807) is 18.0 Å². The van der Waals surface area contributed by atoms with Crippen LogP contribution in [-0.2, 0) is 0 Å². The number of hydrogen-bond donors (Lipinski definition) is 1. The minimum absolute atomic E-state index is 0.0994. The molecule has 0 spiro atoms. The first-order valence-electron chi connectivity index (χ1n) is 3.48. The molecule has 0 fully saturated rings. The molecule has 3 heteroatoms. The van der Waals surface area contributed by atoms with Crippen molar-refractivity contribution in [2.24, 2.45) is 4.99 Å². The molecule has 1 aliphatic heterocycles. The monoisotopic (exact) mass is 168 g/mol. The van der Waals surface area contributed by atoms with E-state index in [-0.39, 0.29) is 5.54 Å². The number of thioether (sulfide) groups is 1. The molecule has 0 aromatic rings. The van der Waals surface area contributed by atoms with Gasteiger partial charge in [-0.05, 0) is 24.8 Å². The summed E-state index contributed by atoms with van der Waals surface area (Å²) < 4.78 is 0. The van der Waals surface area contributed by atoms with Crippen LogP contribution in [0.3, 0.4) is 0 Å². The van der Waals surface area contributed by atoms with Gasteiger partial charge >= 0.3 is 0 Å². The minimum atomic E-state index is -0.0994. The molecular weight excluding hydrogens is 156 g/mol. The molecule has 0 saturated carbocycles. The molecule has 2 nitrogen and oxygen atoms in total. The molecular formula is C8H12N2S. The van der Waals surface area contributed by atoms with Crippen LogP contribution in [0.25, 0.3) is 0 Å². The van der Waals surface area contributed by atoms with E-state index in [0.29, 0.717) is 0 Å². The summed E-state index contributed by atoms with van der Waals surface area (Å²) in [4.78, 5) is 4.11. The van der Waals surface area contributed by atoms with Crippen molar-refractivity contribution in [2.75, 3.05) is 7.05 Å². The van der Waals surface area contributed by atoms with Crippen molar-refractivity contribution in [3.63, 3.8) is 0 Å². The normalized spacial score (nSPS) is 30.0. The first-order chi connectivity index (χ1) is 5.27. The molecule has 0 bridgehead atoms. The minimum Gasteiger partial charge on any atom is -0.307 e. The average molecular weight is 168 g/mol. The van der Waals surface area contributed by atoms with Gasteiger partial charge in [0.2, 0.25) is 0 Å². The van der Waals surface area contributed by atoms with Crippen molar-refractivity contribution < 1.29 is 0 Å². The Hall–Kier alpha value is -0.540. The van der Waals surface area contributed by atoms with E-state index < -0.39 is 0 Å². The molecule has 1 unspecified atom stereocenters. The number of nitrogens with zero attached hydrogens (tertiary/aromatic N) is 1. The van der Waals surface area contributed by atoms with Crippen LogP contribution in [-0.4, -0.2) is 18.8 Å². The van der Waals surface area contributed by atoms with Crippen molar-refractivity contribution in [3.05, 3.63) is 23.1 Å². The Kier molecular flexibility index (Phi) is 2.91. The van der Waals surface area contributed by atoms with E-state index in [9.17, 15) is 0 Å². The van der Waals surface area contributed by atoms with Crippen LogP contribution < -0.4 is 5.32 Å². The third-order valence-corrected chi connectivity index (χ3v) is 2.17. The SMILES string of the molecule is CNC1(C)C=CSC=CN=C1. The molecule has 0 amide bonds. The Balaban J connectivity index is 2.79. The molecule has 0 aliphatic carbocycles. The lowest BCUT2D eigenvalue weighted by atomic mass is 10.1. The molecule has 1 rings (SSSR count). The van der Waals surface area contributed by atoms with Gasteiger partial charge in [-0.15, -0.1) is 11.8 Å². The zero-order valence-electron chi connectivity index (χ0n) is 6.74. The van der Waals surface area contributed by atoms with E-state index in [1.165, 1.54) is 0 Å². The van der Waals surface area contributed by atoms with E-state index in [0.717, 1.165) is 0 Å². The van der Waals surface area contributed by atoms with Gasteiger partial charge in [-0.1, -0.05) is 6.08 Å². The summed E-state index contributed by atoms with van der Waals surface area (Å²) in [6, 6.07) is 0. The van der Waals surface area contributed by atoms with Gasteiger partial charge < -0.3 is 5.32 Å². The lowest BCUT2D eigenvalue weighted by Crippen LogP contribution is -2.39. The van der Waals surface area contributed by atoms with Crippen LogP contribution in [0.15, 0.2) is 28.1 Å². The summed E-state index contributed by atoms with van der Waals surface area (Å²) in [7, 11) is 1.92. The fraction of sp³-hybridized carbons (Fsp3) is 0.375. The van der Waals surface area contributed by atoms with Gasteiger partial charge in [-0.2, -0.15) is 0 Å².